The predicted molar refractivity (Wildman–Crippen MR) is 153 cm³/mol. The van der Waals surface area contributed by atoms with E-state index in [-0.39, 0.29) is 53.8 Å². The van der Waals surface area contributed by atoms with Crippen LogP contribution in [-0.4, -0.2) is 82.5 Å². The zero-order valence-electron chi connectivity index (χ0n) is 23.2. The van der Waals surface area contributed by atoms with Gasteiger partial charge in [-0.3, -0.25) is 9.88 Å². The van der Waals surface area contributed by atoms with E-state index >= 15 is 4.39 Å². The van der Waals surface area contributed by atoms with E-state index in [9.17, 15) is 18.3 Å². The molecule has 43 heavy (non-hydrogen) atoms. The lowest BCUT2D eigenvalue weighted by Gasteiger charge is -2.46. The molecule has 0 radical (unpaired) electrons. The van der Waals surface area contributed by atoms with Crippen molar-refractivity contribution in [2.45, 2.75) is 37.1 Å². The number of aromatic nitrogens is 3. The number of nitrogens with zero attached hydrogens (tertiary/aromatic N) is 5. The van der Waals surface area contributed by atoms with Crippen LogP contribution >= 0.6 is 0 Å². The van der Waals surface area contributed by atoms with Crippen molar-refractivity contribution in [1.29, 1.82) is 0 Å². The third-order valence-electron chi connectivity index (χ3n) is 8.85. The van der Waals surface area contributed by atoms with Crippen molar-refractivity contribution in [3.8, 4) is 35.4 Å². The summed E-state index contributed by atoms with van der Waals surface area (Å²) in [5.41, 5.74) is 0.624. The minimum absolute atomic E-state index is 0.0806. The zero-order chi connectivity index (χ0) is 30.0. The van der Waals surface area contributed by atoms with Gasteiger partial charge in [-0.05, 0) is 43.5 Å². The lowest BCUT2D eigenvalue weighted by atomic mass is 9.89. The average molecular weight is 593 g/mol. The topological polar surface area (TPSA) is 86.6 Å². The van der Waals surface area contributed by atoms with E-state index < -0.39 is 24.0 Å². The molecular weight excluding hydrogens is 564 g/mol. The molecule has 4 atom stereocenters. The Kier molecular flexibility index (Phi) is 6.55. The summed E-state index contributed by atoms with van der Waals surface area (Å²) < 4.78 is 62.8. The average Bonchev–Trinajstić information content (AvgIpc) is 3.31. The number of hydrogen-bond donors (Lipinski definition) is 2. The fourth-order valence-corrected chi connectivity index (χ4v) is 6.67. The minimum atomic E-state index is -4.36. The summed E-state index contributed by atoms with van der Waals surface area (Å²) in [7, 11) is 1.60. The molecule has 5 heterocycles. The van der Waals surface area contributed by atoms with Gasteiger partial charge in [-0.1, -0.05) is 18.1 Å². The number of anilines is 1. The third kappa shape index (κ3) is 4.77. The van der Waals surface area contributed by atoms with Crippen LogP contribution in [0.4, 0.5) is 23.4 Å². The molecule has 3 saturated heterocycles. The van der Waals surface area contributed by atoms with Gasteiger partial charge < -0.3 is 20.1 Å². The van der Waals surface area contributed by atoms with Crippen molar-refractivity contribution < 1.29 is 27.4 Å². The number of piperazine rings is 1. The molecule has 0 spiro atoms. The highest BCUT2D eigenvalue weighted by Crippen LogP contribution is 2.40. The van der Waals surface area contributed by atoms with Gasteiger partial charge >= 0.3 is 12.2 Å². The maximum Gasteiger partial charge on any atom is 0.394 e. The number of benzene rings is 2. The van der Waals surface area contributed by atoms with Gasteiger partial charge in [0.1, 0.15) is 29.4 Å². The van der Waals surface area contributed by atoms with E-state index in [1.54, 1.807) is 30.1 Å². The van der Waals surface area contributed by atoms with Crippen LogP contribution in [0.1, 0.15) is 18.4 Å². The Labute approximate surface area is 244 Å². The zero-order valence-corrected chi connectivity index (χ0v) is 23.2. The van der Waals surface area contributed by atoms with Gasteiger partial charge in [-0.15, -0.1) is 6.42 Å². The van der Waals surface area contributed by atoms with Gasteiger partial charge in [0, 0.05) is 54.4 Å². The Balaban J connectivity index is 1.35. The molecule has 0 amide bonds. The first-order chi connectivity index (χ1) is 20.6. The van der Waals surface area contributed by atoms with Gasteiger partial charge in [0.05, 0.1) is 17.3 Å². The van der Waals surface area contributed by atoms with Gasteiger partial charge in [0.25, 0.3) is 0 Å². The highest BCUT2D eigenvalue weighted by molar-refractivity contribution is 6.02. The number of phenolic OH excluding ortho intramolecular Hbond substituents is 1. The summed E-state index contributed by atoms with van der Waals surface area (Å²) in [5, 5.41) is 15.5. The number of hydrogen-bond acceptors (Lipinski definition) is 8. The first-order valence-corrected chi connectivity index (χ1v) is 14.1. The molecule has 8 nitrogen and oxygen atoms in total. The van der Waals surface area contributed by atoms with Crippen LogP contribution in [0.5, 0.6) is 11.8 Å². The Morgan fingerprint density at radius 1 is 1.14 bits per heavy atom. The van der Waals surface area contributed by atoms with Crippen molar-refractivity contribution in [3.63, 3.8) is 0 Å². The van der Waals surface area contributed by atoms with Crippen LogP contribution in [-0.2, 0) is 0 Å². The van der Waals surface area contributed by atoms with E-state index in [1.807, 2.05) is 4.90 Å². The summed E-state index contributed by atoms with van der Waals surface area (Å²) in [6.45, 7) is 0.818. The molecule has 7 rings (SSSR count). The fraction of sp³-hybridized carbons (Fsp3) is 0.387. The summed E-state index contributed by atoms with van der Waals surface area (Å²) in [5.74, 6) is 0.624. The van der Waals surface area contributed by atoms with Gasteiger partial charge in [-0.25, -0.2) is 4.39 Å². The Morgan fingerprint density at radius 2 is 1.91 bits per heavy atom. The molecule has 3 aliphatic rings. The normalized spacial score (nSPS) is 23.9. The number of alkyl halides is 3. The fourth-order valence-electron chi connectivity index (χ4n) is 6.67. The number of aromatic hydroxyl groups is 1. The summed E-state index contributed by atoms with van der Waals surface area (Å²) in [6, 6.07) is 7.52. The smallest absolute Gasteiger partial charge is 0.394 e. The first-order valence-electron chi connectivity index (χ1n) is 14.1. The molecule has 0 saturated carbocycles. The number of halogens is 4. The minimum Gasteiger partial charge on any atom is -0.508 e. The maximum atomic E-state index is 16.6. The van der Waals surface area contributed by atoms with Gasteiger partial charge in [-0.2, -0.15) is 23.1 Å². The molecule has 0 aliphatic carbocycles. The predicted octanol–water partition coefficient (Wildman–Crippen LogP) is 4.48. The highest BCUT2D eigenvalue weighted by Gasteiger charge is 2.53. The van der Waals surface area contributed by atoms with Crippen LogP contribution in [0.2, 0.25) is 0 Å². The Bertz CT molecular complexity index is 1780. The number of likely N-dealkylation sites (N-methyl/N-ethyl adjacent to an activating group) is 1. The Morgan fingerprint density at radius 3 is 2.60 bits per heavy atom. The second kappa shape index (κ2) is 10.2. The number of ether oxygens (including phenoxy) is 1. The van der Waals surface area contributed by atoms with Crippen LogP contribution in [0.15, 0.2) is 36.5 Å². The lowest BCUT2D eigenvalue weighted by molar-refractivity contribution is -0.230. The molecule has 2 N–H and O–H groups in total. The van der Waals surface area contributed by atoms with E-state index in [2.05, 4.69) is 26.2 Å². The number of terminal acetylenes is 1. The second-order valence-electron chi connectivity index (χ2n) is 11.6. The van der Waals surface area contributed by atoms with Crippen LogP contribution in [0.25, 0.3) is 32.9 Å². The van der Waals surface area contributed by atoms with Gasteiger partial charge in [0.15, 0.2) is 5.82 Å². The second-order valence-corrected chi connectivity index (χ2v) is 11.6. The molecule has 3 fully saturated rings. The Hall–Kier alpha value is -4.21. The maximum absolute atomic E-state index is 16.6. The summed E-state index contributed by atoms with van der Waals surface area (Å²) in [6.07, 6.45) is 4.88. The summed E-state index contributed by atoms with van der Waals surface area (Å²) >= 11 is 0. The van der Waals surface area contributed by atoms with Crippen LogP contribution < -0.4 is 15.0 Å². The van der Waals surface area contributed by atoms with Gasteiger partial charge in [0.2, 0.25) is 0 Å². The number of fused-ring (bicyclic) bond motifs is 4. The molecule has 12 heteroatoms. The van der Waals surface area contributed by atoms with E-state index in [1.165, 1.54) is 18.3 Å². The number of nitrogens with one attached hydrogen (secondary N) is 1. The van der Waals surface area contributed by atoms with Crippen molar-refractivity contribution >= 4 is 27.5 Å². The molecule has 3 aliphatic heterocycles. The van der Waals surface area contributed by atoms with E-state index in [4.69, 9.17) is 11.2 Å². The molecule has 2 unspecified atom stereocenters. The van der Waals surface area contributed by atoms with Crippen molar-refractivity contribution in [3.05, 3.63) is 47.9 Å². The standard InChI is InChI=1S/C31H28F4N6O2/c1-3-16-5-4-6-17-9-20(42)10-21(25(16)17)27-26(32)28-22(11-36-27)29(41-12-18-7-8-19(13-41)37-18)39-30(38-28)43-15-24-23(14-40(24)2)31(33,34)35/h1,4-6,9-11,18-19,23-24,37,42H,7-8,12-15H2,2H3/t18?,19?,23-,24-/m1/s1. The number of rotatable bonds is 5. The van der Waals surface area contributed by atoms with E-state index in [0.717, 1.165) is 12.8 Å². The molecule has 2 bridgehead atoms. The molecule has 4 aromatic rings. The largest absolute Gasteiger partial charge is 0.508 e. The number of likely N-dealkylation sites (tertiary alicyclic amines) is 1. The molecule has 2 aromatic heterocycles. The third-order valence-corrected chi connectivity index (χ3v) is 8.85. The van der Waals surface area contributed by atoms with Crippen LogP contribution in [0.3, 0.4) is 0 Å². The summed E-state index contributed by atoms with van der Waals surface area (Å²) in [4.78, 5) is 17.0. The molecular formula is C31H28F4N6O2. The van der Waals surface area contributed by atoms with Crippen molar-refractivity contribution in [2.24, 2.45) is 5.92 Å². The van der Waals surface area contributed by atoms with Crippen LogP contribution in [0, 0.1) is 24.1 Å². The van der Waals surface area contributed by atoms with Crippen molar-refractivity contribution in [1.82, 2.24) is 25.2 Å². The number of pyridine rings is 1. The quantitative estimate of drug-likeness (QED) is 0.259. The molecule has 2 aromatic carbocycles. The first kappa shape index (κ1) is 27.6. The lowest BCUT2D eigenvalue weighted by Crippen LogP contribution is -2.61. The van der Waals surface area contributed by atoms with E-state index in [0.29, 0.717) is 40.6 Å². The number of phenols is 1. The monoisotopic (exact) mass is 592 g/mol. The van der Waals surface area contributed by atoms with Crippen molar-refractivity contribution in [2.75, 3.05) is 38.2 Å². The highest BCUT2D eigenvalue weighted by atomic mass is 19.4. The molecule has 222 valence electrons. The SMILES string of the molecule is C#Cc1cccc2cc(O)cc(-c3ncc4c(N5CC6CCC(C5)N6)nc(OC[C@@H]5[C@H](C(F)(F)F)CN5C)nc4c3F)c12.